The van der Waals surface area contributed by atoms with Gasteiger partial charge >= 0.3 is 33.6 Å². The first-order valence-corrected chi connectivity index (χ1v) is 12.0. The van der Waals surface area contributed by atoms with E-state index in [1.807, 2.05) is 36.4 Å². The molecular formula is C26H38Co2N10O8. The Kier molecular flexibility index (Phi) is 46.7. The second-order valence-electron chi connectivity index (χ2n) is 7.50. The van der Waals surface area contributed by atoms with Crippen LogP contribution in [0.4, 0.5) is 0 Å². The van der Waals surface area contributed by atoms with Crippen LogP contribution in [0.3, 0.4) is 0 Å². The smallest absolute Gasteiger partial charge is 0.792 e. The fourth-order valence-corrected chi connectivity index (χ4v) is 1.18. The third kappa shape index (κ3) is 37.1. The minimum absolute atomic E-state index is 0. The van der Waals surface area contributed by atoms with E-state index in [1.54, 1.807) is 24.8 Å². The molecule has 0 aliphatic rings. The van der Waals surface area contributed by atoms with Gasteiger partial charge in [-0.15, -0.1) is 0 Å². The number of pyridine rings is 2. The summed E-state index contributed by atoms with van der Waals surface area (Å²) < 4.78 is 0. The van der Waals surface area contributed by atoms with Gasteiger partial charge in [0.2, 0.25) is 0 Å². The molecule has 0 saturated carbocycles. The average molecular weight is 737 g/mol. The summed E-state index contributed by atoms with van der Waals surface area (Å²) in [6.45, 7) is 11.9. The maximum absolute atomic E-state index is 9.63. The first kappa shape index (κ1) is 53.6. The van der Waals surface area contributed by atoms with E-state index in [9.17, 15) is 20.8 Å². The normalized spacial score (nSPS) is 12.0. The van der Waals surface area contributed by atoms with Gasteiger partial charge in [0.05, 0.1) is 45.7 Å². The average Bonchev–Trinajstić information content (AvgIpc) is 3.11. The van der Waals surface area contributed by atoms with Crippen LogP contribution in [-0.4, -0.2) is 76.5 Å². The van der Waals surface area contributed by atoms with Crippen LogP contribution in [0.15, 0.2) is 102 Å². The molecule has 20 heteroatoms. The van der Waals surface area contributed by atoms with E-state index in [0.717, 1.165) is 0 Å². The predicted molar refractivity (Wildman–Crippen MR) is 174 cm³/mol. The van der Waals surface area contributed by atoms with E-state index >= 15 is 0 Å². The molecule has 46 heavy (non-hydrogen) atoms. The molecule has 18 nitrogen and oxygen atoms in total. The summed E-state index contributed by atoms with van der Waals surface area (Å²) >= 11 is 0. The number of rotatable bonds is 4. The Labute approximate surface area is 288 Å². The molecule has 0 aliphatic heterocycles. The third-order valence-corrected chi connectivity index (χ3v) is 4.38. The van der Waals surface area contributed by atoms with Crippen LogP contribution in [0.5, 0.6) is 0 Å². The van der Waals surface area contributed by atoms with Crippen molar-refractivity contribution in [2.45, 2.75) is 55.4 Å². The van der Waals surface area contributed by atoms with Crippen LogP contribution in [0.25, 0.3) is 0 Å². The quantitative estimate of drug-likeness (QED) is 0.177. The Morgan fingerprint density at radius 3 is 0.587 bits per heavy atom. The Balaban J connectivity index is -0.000000104. The first-order valence-electron chi connectivity index (χ1n) is 12.0. The van der Waals surface area contributed by atoms with Gasteiger partial charge in [-0.05, 0) is 79.7 Å². The van der Waals surface area contributed by atoms with Crippen LogP contribution in [0.1, 0.15) is 55.4 Å². The van der Waals surface area contributed by atoms with Crippen LogP contribution < -0.4 is 0 Å². The second kappa shape index (κ2) is 40.1. The van der Waals surface area contributed by atoms with Gasteiger partial charge in [0.15, 0.2) is 0 Å². The zero-order valence-electron chi connectivity index (χ0n) is 26.3. The monoisotopic (exact) mass is 736 g/mol. The Bertz CT molecular complexity index is 951. The maximum atomic E-state index is 9.63. The van der Waals surface area contributed by atoms with Crippen LogP contribution in [0, 0.1) is 20.8 Å². The van der Waals surface area contributed by atoms with Crippen molar-refractivity contribution in [3.63, 3.8) is 0 Å². The molecule has 0 bridgehead atoms. The zero-order valence-corrected chi connectivity index (χ0v) is 28.4. The first-order chi connectivity index (χ1) is 20.9. The number of aromatic nitrogens is 2. The molecule has 0 unspecified atom stereocenters. The SMILES string of the molecule is CC(=N[O-])C(C)=NO.CC(=N[O-])C(C)=NO.CC(=N[O-])C(C)=NO.CC(=N[O-])C(C)=NO.[Co+2].[Co+2].c1ccncc1.c1ccncc1. The molecule has 0 aromatic carbocycles. The summed E-state index contributed by atoms with van der Waals surface area (Å²) in [7, 11) is 0. The van der Waals surface area contributed by atoms with Crippen molar-refractivity contribution in [1.82, 2.24) is 9.97 Å². The molecule has 2 rings (SSSR count). The van der Waals surface area contributed by atoms with E-state index in [1.165, 1.54) is 55.4 Å². The topological polar surface area (TPSA) is 298 Å². The minimum atomic E-state index is 0. The number of nitrogens with zero attached hydrogens (tertiary/aromatic N) is 10. The summed E-state index contributed by atoms with van der Waals surface area (Å²) in [6, 6.07) is 11.4. The molecule has 0 atom stereocenters. The number of hydrogen-bond donors (Lipinski definition) is 4. The van der Waals surface area contributed by atoms with Gasteiger partial charge in [-0.2, -0.15) is 0 Å². The van der Waals surface area contributed by atoms with E-state index in [2.05, 4.69) is 51.2 Å². The van der Waals surface area contributed by atoms with Gasteiger partial charge in [-0.25, -0.2) is 0 Å². The predicted octanol–water partition coefficient (Wildman–Crippen LogP) is 5.34. The summed E-state index contributed by atoms with van der Waals surface area (Å²) in [5.41, 5.74) is 1.81. The van der Waals surface area contributed by atoms with Gasteiger partial charge in [-0.3, -0.25) is 9.97 Å². The molecule has 0 saturated heterocycles. The van der Waals surface area contributed by atoms with Crippen molar-refractivity contribution in [1.29, 1.82) is 0 Å². The summed E-state index contributed by atoms with van der Waals surface area (Å²) in [5, 5.41) is 91.6. The van der Waals surface area contributed by atoms with Gasteiger partial charge in [0.25, 0.3) is 0 Å². The third-order valence-electron chi connectivity index (χ3n) is 4.38. The van der Waals surface area contributed by atoms with Crippen molar-refractivity contribution in [3.05, 3.63) is 82.0 Å². The van der Waals surface area contributed by atoms with E-state index in [0.29, 0.717) is 0 Å². The number of oxime groups is 4. The number of hydrogen-bond acceptors (Lipinski definition) is 18. The van der Waals surface area contributed by atoms with Gasteiger partial charge in [0, 0.05) is 24.8 Å². The zero-order chi connectivity index (χ0) is 34.8. The van der Waals surface area contributed by atoms with E-state index < -0.39 is 0 Å². The summed E-state index contributed by atoms with van der Waals surface area (Å²) in [4.78, 5) is 7.57. The van der Waals surface area contributed by atoms with Crippen molar-refractivity contribution in [3.8, 4) is 0 Å². The molecule has 2 radical (unpaired) electrons. The van der Waals surface area contributed by atoms with Gasteiger partial charge < -0.3 is 62.3 Å². The Morgan fingerprint density at radius 1 is 0.370 bits per heavy atom. The fraction of sp³-hybridized carbons (Fsp3) is 0.308. The molecule has 0 aliphatic carbocycles. The minimum Gasteiger partial charge on any atom is -0.792 e. The van der Waals surface area contributed by atoms with Crippen molar-refractivity contribution in [2.24, 2.45) is 41.2 Å². The maximum Gasteiger partial charge on any atom is 2.00 e. The molecule has 4 N–H and O–H groups in total. The van der Waals surface area contributed by atoms with Gasteiger partial charge in [-0.1, -0.05) is 32.8 Å². The molecule has 0 spiro atoms. The molecule has 0 amide bonds. The molecule has 258 valence electrons. The molecule has 0 fully saturated rings. The van der Waals surface area contributed by atoms with Crippen LogP contribution in [0.2, 0.25) is 0 Å². The van der Waals surface area contributed by atoms with Crippen LogP contribution in [-0.2, 0) is 33.6 Å². The largest absolute Gasteiger partial charge is 2.00 e. The molecule has 2 aromatic heterocycles. The Hall–Kier alpha value is -4.93. The van der Waals surface area contributed by atoms with Crippen molar-refractivity contribution < 1.29 is 54.4 Å². The molecule has 2 aromatic rings. The fourth-order valence-electron chi connectivity index (χ4n) is 1.18. The van der Waals surface area contributed by atoms with E-state index in [4.69, 9.17) is 20.8 Å². The van der Waals surface area contributed by atoms with Crippen LogP contribution >= 0.6 is 0 Å². The molecular weight excluding hydrogens is 698 g/mol. The molecule has 2 heterocycles. The van der Waals surface area contributed by atoms with Gasteiger partial charge in [0.1, 0.15) is 0 Å². The van der Waals surface area contributed by atoms with E-state index in [-0.39, 0.29) is 79.3 Å². The summed E-state index contributed by atoms with van der Waals surface area (Å²) in [5.74, 6) is 0. The van der Waals surface area contributed by atoms with Crippen molar-refractivity contribution in [2.75, 3.05) is 0 Å². The summed E-state index contributed by atoms with van der Waals surface area (Å²) in [6.07, 6.45) is 7.00. The van der Waals surface area contributed by atoms with Crippen molar-refractivity contribution >= 4 is 45.7 Å². The Morgan fingerprint density at radius 2 is 0.543 bits per heavy atom. The standard InChI is InChI=1S/2C5H5N.4C4H8N2O2.2Co/c2*1-2-4-6-5-3-1;4*1-3(5-7)4(2)6-8;;/h2*1-5H;4*7-8H,1-2H3;;/q;;;;;;2*+2/p-4. The second-order valence-corrected chi connectivity index (χ2v) is 7.50.